The lowest BCUT2D eigenvalue weighted by atomic mass is 10.1. The number of halogens is 1. The van der Waals surface area contributed by atoms with Crippen LogP contribution in [0.3, 0.4) is 0 Å². The summed E-state index contributed by atoms with van der Waals surface area (Å²) in [6.07, 6.45) is 7.09. The molecule has 0 fully saturated rings. The molecule has 0 aliphatic heterocycles. The molecular weight excluding hydrogens is 457 g/mol. The molecule has 0 saturated heterocycles. The lowest BCUT2D eigenvalue weighted by Gasteiger charge is -2.10. The molecule has 0 aliphatic rings. The first-order valence-corrected chi connectivity index (χ1v) is 11.4. The quantitative estimate of drug-likeness (QED) is 0.316. The van der Waals surface area contributed by atoms with Crippen molar-refractivity contribution in [3.63, 3.8) is 0 Å². The van der Waals surface area contributed by atoms with Gasteiger partial charge in [0.15, 0.2) is 0 Å². The Hall–Kier alpha value is -4.63. The van der Waals surface area contributed by atoms with E-state index in [2.05, 4.69) is 41.1 Å². The summed E-state index contributed by atoms with van der Waals surface area (Å²) >= 11 is 0. The van der Waals surface area contributed by atoms with E-state index in [0.717, 1.165) is 62.6 Å². The molecular formula is C27H22FN7O. The SMILES string of the molecule is CN(C)Cc1cncc(-c2cc3c(-c4cc5c(-c6cc(O)cc(F)c6)nccc5[nH]4)n[nH]c3cn2)c1. The highest BCUT2D eigenvalue weighted by atomic mass is 19.1. The molecule has 0 amide bonds. The molecule has 1 aromatic carbocycles. The van der Waals surface area contributed by atoms with Crippen molar-refractivity contribution in [2.24, 2.45) is 0 Å². The van der Waals surface area contributed by atoms with Crippen molar-refractivity contribution >= 4 is 21.8 Å². The maximum Gasteiger partial charge on any atom is 0.127 e. The predicted molar refractivity (Wildman–Crippen MR) is 137 cm³/mol. The monoisotopic (exact) mass is 479 g/mol. The van der Waals surface area contributed by atoms with Gasteiger partial charge in [-0.05, 0) is 56.1 Å². The Morgan fingerprint density at radius 2 is 1.75 bits per heavy atom. The number of hydrogen-bond acceptors (Lipinski definition) is 6. The van der Waals surface area contributed by atoms with E-state index in [0.29, 0.717) is 11.3 Å². The zero-order valence-electron chi connectivity index (χ0n) is 19.6. The van der Waals surface area contributed by atoms with Crippen molar-refractivity contribution < 1.29 is 9.50 Å². The van der Waals surface area contributed by atoms with Crippen molar-refractivity contribution in [1.29, 1.82) is 0 Å². The number of hydrogen-bond donors (Lipinski definition) is 3. The van der Waals surface area contributed by atoms with Crippen LogP contribution in [-0.4, -0.2) is 54.2 Å². The van der Waals surface area contributed by atoms with Gasteiger partial charge in [-0.3, -0.25) is 20.1 Å². The first-order valence-electron chi connectivity index (χ1n) is 11.4. The van der Waals surface area contributed by atoms with E-state index in [1.165, 1.54) is 12.1 Å². The number of aromatic amines is 2. The molecule has 0 bridgehead atoms. The Labute approximate surface area is 205 Å². The minimum atomic E-state index is -0.526. The van der Waals surface area contributed by atoms with E-state index < -0.39 is 5.82 Å². The predicted octanol–water partition coefficient (Wildman–Crippen LogP) is 5.14. The third-order valence-corrected chi connectivity index (χ3v) is 6.00. The summed E-state index contributed by atoms with van der Waals surface area (Å²) < 4.78 is 14.0. The standard InChI is InChI=1S/C27H22FN7O/c1-35(2)14-15-5-17(12-29-11-15)23-9-21-25(13-31-23)33-34-27(21)24-10-20-22(32-24)3-4-30-26(20)16-6-18(28)8-19(36)7-16/h3-13,32,36H,14H2,1-2H3,(H,33,34). The topological polar surface area (TPSA) is 107 Å². The van der Waals surface area contributed by atoms with Crippen LogP contribution in [0.4, 0.5) is 4.39 Å². The Kier molecular flexibility index (Phi) is 5.19. The number of H-pyrrole nitrogens is 2. The Balaban J connectivity index is 1.45. The second-order valence-corrected chi connectivity index (χ2v) is 9.01. The van der Waals surface area contributed by atoms with E-state index in [-0.39, 0.29) is 5.75 Å². The molecule has 178 valence electrons. The second kappa shape index (κ2) is 8.54. The van der Waals surface area contributed by atoms with Gasteiger partial charge in [0.05, 0.1) is 28.8 Å². The number of pyridine rings is 3. The summed E-state index contributed by atoms with van der Waals surface area (Å²) in [6, 6.07) is 11.8. The zero-order valence-corrected chi connectivity index (χ0v) is 19.6. The summed E-state index contributed by atoms with van der Waals surface area (Å²) in [5, 5.41) is 19.2. The fraction of sp³-hybridized carbons (Fsp3) is 0.111. The number of phenolic OH excluding ortho intramolecular Hbond substituents is 1. The number of nitrogens with one attached hydrogen (secondary N) is 2. The molecule has 36 heavy (non-hydrogen) atoms. The Morgan fingerprint density at radius 1 is 0.889 bits per heavy atom. The molecule has 9 heteroatoms. The molecule has 0 atom stereocenters. The van der Waals surface area contributed by atoms with Gasteiger partial charge in [0.2, 0.25) is 0 Å². The van der Waals surface area contributed by atoms with Gasteiger partial charge in [-0.1, -0.05) is 0 Å². The molecule has 5 aromatic heterocycles. The van der Waals surface area contributed by atoms with Crippen molar-refractivity contribution in [3.8, 4) is 39.7 Å². The van der Waals surface area contributed by atoms with Gasteiger partial charge in [-0.25, -0.2) is 4.39 Å². The Morgan fingerprint density at radius 3 is 2.58 bits per heavy atom. The van der Waals surface area contributed by atoms with E-state index in [1.807, 2.05) is 44.7 Å². The lowest BCUT2D eigenvalue weighted by Crippen LogP contribution is -2.10. The van der Waals surface area contributed by atoms with Gasteiger partial charge in [-0.2, -0.15) is 5.10 Å². The summed E-state index contributed by atoms with van der Waals surface area (Å²) in [5.74, 6) is -0.677. The number of benzene rings is 1. The molecule has 0 saturated carbocycles. The molecule has 0 unspecified atom stereocenters. The van der Waals surface area contributed by atoms with Crippen LogP contribution in [0.25, 0.3) is 55.7 Å². The number of phenols is 1. The molecule has 3 N–H and O–H groups in total. The van der Waals surface area contributed by atoms with Crippen LogP contribution in [0.5, 0.6) is 5.75 Å². The maximum atomic E-state index is 14.0. The number of rotatable bonds is 5. The largest absolute Gasteiger partial charge is 0.508 e. The highest BCUT2D eigenvalue weighted by molar-refractivity contribution is 6.00. The van der Waals surface area contributed by atoms with Crippen LogP contribution in [0.2, 0.25) is 0 Å². The maximum absolute atomic E-state index is 14.0. The van der Waals surface area contributed by atoms with Crippen molar-refractivity contribution in [2.75, 3.05) is 14.1 Å². The lowest BCUT2D eigenvalue weighted by molar-refractivity contribution is 0.402. The second-order valence-electron chi connectivity index (χ2n) is 9.01. The van der Waals surface area contributed by atoms with Gasteiger partial charge >= 0.3 is 0 Å². The van der Waals surface area contributed by atoms with Gasteiger partial charge in [-0.15, -0.1) is 0 Å². The van der Waals surface area contributed by atoms with Crippen LogP contribution in [0, 0.1) is 5.82 Å². The number of fused-ring (bicyclic) bond motifs is 2. The van der Waals surface area contributed by atoms with Crippen LogP contribution in [-0.2, 0) is 6.54 Å². The van der Waals surface area contributed by atoms with Gasteiger partial charge in [0.1, 0.15) is 17.3 Å². The number of aromatic nitrogens is 6. The highest BCUT2D eigenvalue weighted by Crippen LogP contribution is 2.34. The van der Waals surface area contributed by atoms with Crippen LogP contribution in [0.1, 0.15) is 5.56 Å². The van der Waals surface area contributed by atoms with E-state index in [4.69, 9.17) is 0 Å². The zero-order chi connectivity index (χ0) is 24.8. The molecule has 6 aromatic rings. The van der Waals surface area contributed by atoms with Crippen molar-refractivity contribution in [3.05, 3.63) is 78.6 Å². The number of nitrogens with zero attached hydrogens (tertiary/aromatic N) is 5. The van der Waals surface area contributed by atoms with Crippen molar-refractivity contribution in [1.82, 2.24) is 35.0 Å². The summed E-state index contributed by atoms with van der Waals surface area (Å²) in [5.41, 5.74) is 7.03. The first kappa shape index (κ1) is 21.9. The fourth-order valence-electron chi connectivity index (χ4n) is 4.48. The molecule has 0 spiro atoms. The summed E-state index contributed by atoms with van der Waals surface area (Å²) in [6.45, 7) is 0.786. The van der Waals surface area contributed by atoms with E-state index in [1.54, 1.807) is 12.4 Å². The molecule has 8 nitrogen and oxygen atoms in total. The van der Waals surface area contributed by atoms with Crippen LogP contribution >= 0.6 is 0 Å². The molecule has 6 rings (SSSR count). The normalized spacial score (nSPS) is 11.7. The van der Waals surface area contributed by atoms with E-state index >= 15 is 0 Å². The minimum absolute atomic E-state index is 0.151. The van der Waals surface area contributed by atoms with Gasteiger partial charge in [0.25, 0.3) is 0 Å². The van der Waals surface area contributed by atoms with Crippen molar-refractivity contribution in [2.45, 2.75) is 6.54 Å². The Bertz CT molecular complexity index is 1720. The van der Waals surface area contributed by atoms with Gasteiger partial charge in [0, 0.05) is 58.6 Å². The number of aromatic hydroxyl groups is 1. The summed E-state index contributed by atoms with van der Waals surface area (Å²) in [7, 11) is 4.04. The smallest absolute Gasteiger partial charge is 0.127 e. The van der Waals surface area contributed by atoms with Crippen LogP contribution < -0.4 is 0 Å². The average Bonchev–Trinajstić information content (AvgIpc) is 3.46. The average molecular weight is 480 g/mol. The molecule has 5 heterocycles. The molecule has 0 aliphatic carbocycles. The first-order chi connectivity index (χ1) is 17.4. The fourth-order valence-corrected chi connectivity index (χ4v) is 4.48. The highest BCUT2D eigenvalue weighted by Gasteiger charge is 2.16. The summed E-state index contributed by atoms with van der Waals surface area (Å²) in [4.78, 5) is 19.0. The van der Waals surface area contributed by atoms with Crippen LogP contribution in [0.15, 0.2) is 67.3 Å². The third kappa shape index (κ3) is 3.95. The van der Waals surface area contributed by atoms with E-state index in [9.17, 15) is 9.50 Å². The minimum Gasteiger partial charge on any atom is -0.508 e. The molecule has 0 radical (unpaired) electrons. The van der Waals surface area contributed by atoms with Gasteiger partial charge < -0.3 is 15.0 Å². The third-order valence-electron chi connectivity index (χ3n) is 6.00.